The van der Waals surface area contributed by atoms with Crippen LogP contribution >= 0.6 is 0 Å². The van der Waals surface area contributed by atoms with Crippen LogP contribution in [0.3, 0.4) is 0 Å². The highest BCUT2D eigenvalue weighted by molar-refractivity contribution is 5.64. The van der Waals surface area contributed by atoms with Crippen LogP contribution in [0.5, 0.6) is 0 Å². The molecular weight excluding hydrogens is 360 g/mol. The Morgan fingerprint density at radius 3 is 2.56 bits per heavy atom. The molecule has 1 aliphatic heterocycles. The van der Waals surface area contributed by atoms with Crippen LogP contribution in [0.25, 0.3) is 22.5 Å². The monoisotopic (exact) mass is 376 g/mol. The summed E-state index contributed by atoms with van der Waals surface area (Å²) in [7, 11) is 0. The lowest BCUT2D eigenvalue weighted by atomic mass is 9.99. The fourth-order valence-electron chi connectivity index (χ4n) is 3.18. The molecule has 27 heavy (non-hydrogen) atoms. The summed E-state index contributed by atoms with van der Waals surface area (Å²) in [6, 6.07) is 9.82. The molecule has 1 saturated heterocycles. The molecule has 4 rings (SSSR count). The third kappa shape index (κ3) is 4.00. The number of halogens is 4. The van der Waals surface area contributed by atoms with Crippen LogP contribution in [-0.4, -0.2) is 45.7 Å². The van der Waals surface area contributed by atoms with Crippen molar-refractivity contribution < 1.29 is 17.6 Å². The molecule has 0 radical (unpaired) electrons. The number of benzene rings is 1. The zero-order valence-corrected chi connectivity index (χ0v) is 14.2. The van der Waals surface area contributed by atoms with Gasteiger partial charge >= 0.3 is 6.18 Å². The highest BCUT2D eigenvalue weighted by Crippen LogP contribution is 2.30. The molecular formula is C19H16F4N4. The van der Waals surface area contributed by atoms with Crippen molar-refractivity contribution >= 4 is 0 Å². The third-order valence-electron chi connectivity index (χ3n) is 4.52. The van der Waals surface area contributed by atoms with Crippen molar-refractivity contribution in [3.05, 3.63) is 60.4 Å². The molecule has 1 aliphatic rings. The molecule has 140 valence electrons. The van der Waals surface area contributed by atoms with Crippen molar-refractivity contribution in [2.24, 2.45) is 0 Å². The Morgan fingerprint density at radius 1 is 1.07 bits per heavy atom. The van der Waals surface area contributed by atoms with E-state index in [1.807, 2.05) is 6.07 Å². The molecule has 0 spiro atoms. The Labute approximate surface area is 152 Å². The van der Waals surface area contributed by atoms with Gasteiger partial charge in [0.15, 0.2) is 0 Å². The molecule has 4 nitrogen and oxygen atoms in total. The van der Waals surface area contributed by atoms with E-state index >= 15 is 0 Å². The molecule has 1 fully saturated rings. The predicted molar refractivity (Wildman–Crippen MR) is 92.4 cm³/mol. The van der Waals surface area contributed by atoms with E-state index in [4.69, 9.17) is 0 Å². The van der Waals surface area contributed by atoms with E-state index in [1.54, 1.807) is 30.6 Å². The minimum atomic E-state index is -4.17. The van der Waals surface area contributed by atoms with Gasteiger partial charge in [0.25, 0.3) is 0 Å². The first-order valence-electron chi connectivity index (χ1n) is 8.44. The summed E-state index contributed by atoms with van der Waals surface area (Å²) < 4.78 is 50.4. The van der Waals surface area contributed by atoms with Gasteiger partial charge in [-0.3, -0.25) is 9.88 Å². The summed E-state index contributed by atoms with van der Waals surface area (Å²) in [6.07, 6.45) is -0.800. The van der Waals surface area contributed by atoms with Gasteiger partial charge in [0.2, 0.25) is 0 Å². The number of pyridine rings is 1. The number of aromatic amines is 1. The summed E-state index contributed by atoms with van der Waals surface area (Å²) >= 11 is 0. The van der Waals surface area contributed by atoms with Gasteiger partial charge in [-0.1, -0.05) is 12.1 Å². The van der Waals surface area contributed by atoms with Gasteiger partial charge in [-0.05, 0) is 24.3 Å². The summed E-state index contributed by atoms with van der Waals surface area (Å²) in [4.78, 5) is 13.2. The number of aromatic nitrogens is 3. The standard InChI is InChI=1S/C19H16F4N4/c20-15-3-1-2-12(6-15)16-5-4-13(7-24-16)17-8-25-18(26-17)14-9-27(10-14)11-19(21,22)23/h1-8,14H,9-11H2,(H,25,26). The van der Waals surface area contributed by atoms with Crippen LogP contribution in [0.4, 0.5) is 17.6 Å². The number of hydrogen-bond acceptors (Lipinski definition) is 3. The Kier molecular flexibility index (Phi) is 4.43. The molecule has 0 aliphatic carbocycles. The van der Waals surface area contributed by atoms with Crippen LogP contribution < -0.4 is 0 Å². The van der Waals surface area contributed by atoms with Crippen molar-refractivity contribution in [3.63, 3.8) is 0 Å². The van der Waals surface area contributed by atoms with E-state index in [0.717, 1.165) is 5.56 Å². The Bertz CT molecular complexity index is 927. The van der Waals surface area contributed by atoms with E-state index in [-0.39, 0.29) is 11.7 Å². The molecule has 0 bridgehead atoms. The van der Waals surface area contributed by atoms with Gasteiger partial charge in [0, 0.05) is 42.5 Å². The molecule has 0 amide bonds. The minimum absolute atomic E-state index is 0.0272. The smallest absolute Gasteiger partial charge is 0.348 e. The number of imidazole rings is 1. The van der Waals surface area contributed by atoms with E-state index in [9.17, 15) is 17.6 Å². The van der Waals surface area contributed by atoms with Gasteiger partial charge < -0.3 is 4.98 Å². The van der Waals surface area contributed by atoms with Gasteiger partial charge in [0.05, 0.1) is 17.9 Å². The summed E-state index contributed by atoms with van der Waals surface area (Å²) in [5, 5.41) is 0. The number of alkyl halides is 3. The second-order valence-corrected chi connectivity index (χ2v) is 6.62. The molecule has 0 unspecified atom stereocenters. The van der Waals surface area contributed by atoms with Crippen molar-refractivity contribution in [1.29, 1.82) is 0 Å². The fourth-order valence-corrected chi connectivity index (χ4v) is 3.18. The van der Waals surface area contributed by atoms with Crippen molar-refractivity contribution in [3.8, 4) is 22.5 Å². The number of nitrogens with zero attached hydrogens (tertiary/aromatic N) is 3. The number of H-pyrrole nitrogens is 1. The Balaban J connectivity index is 1.43. The van der Waals surface area contributed by atoms with Crippen LogP contribution in [-0.2, 0) is 0 Å². The second kappa shape index (κ2) is 6.77. The number of rotatable bonds is 4. The molecule has 1 N–H and O–H groups in total. The minimum Gasteiger partial charge on any atom is -0.348 e. The van der Waals surface area contributed by atoms with Crippen molar-refractivity contribution in [1.82, 2.24) is 19.9 Å². The first-order chi connectivity index (χ1) is 12.9. The van der Waals surface area contributed by atoms with E-state index in [0.29, 0.717) is 35.9 Å². The topological polar surface area (TPSA) is 44.8 Å². The Morgan fingerprint density at radius 2 is 1.89 bits per heavy atom. The lowest BCUT2D eigenvalue weighted by molar-refractivity contribution is -0.155. The third-order valence-corrected chi connectivity index (χ3v) is 4.52. The van der Waals surface area contributed by atoms with Gasteiger partial charge in [-0.2, -0.15) is 13.2 Å². The van der Waals surface area contributed by atoms with Crippen molar-refractivity contribution in [2.75, 3.05) is 19.6 Å². The fraction of sp³-hybridized carbons (Fsp3) is 0.263. The maximum absolute atomic E-state index is 13.3. The average Bonchev–Trinajstić information content (AvgIpc) is 3.06. The number of likely N-dealkylation sites (tertiary alicyclic amines) is 1. The molecule has 8 heteroatoms. The number of nitrogens with one attached hydrogen (secondary N) is 1. The molecule has 0 saturated carbocycles. The van der Waals surface area contributed by atoms with E-state index < -0.39 is 12.7 Å². The Hall–Kier alpha value is -2.74. The zero-order chi connectivity index (χ0) is 19.0. The lowest BCUT2D eigenvalue weighted by Gasteiger charge is -2.38. The second-order valence-electron chi connectivity index (χ2n) is 6.62. The van der Waals surface area contributed by atoms with Crippen LogP contribution in [0, 0.1) is 5.82 Å². The number of hydrogen-bond donors (Lipinski definition) is 1. The maximum Gasteiger partial charge on any atom is 0.401 e. The quantitative estimate of drug-likeness (QED) is 0.693. The molecule has 2 aromatic heterocycles. The van der Waals surface area contributed by atoms with Crippen LogP contribution in [0.1, 0.15) is 11.7 Å². The summed E-state index contributed by atoms with van der Waals surface area (Å²) in [6.45, 7) is -0.213. The summed E-state index contributed by atoms with van der Waals surface area (Å²) in [5.74, 6) is 0.327. The zero-order valence-electron chi connectivity index (χ0n) is 14.2. The van der Waals surface area contributed by atoms with Gasteiger partial charge in [-0.15, -0.1) is 0 Å². The molecule has 0 atom stereocenters. The van der Waals surface area contributed by atoms with Crippen molar-refractivity contribution in [2.45, 2.75) is 12.1 Å². The lowest BCUT2D eigenvalue weighted by Crippen LogP contribution is -2.49. The molecule has 3 aromatic rings. The largest absolute Gasteiger partial charge is 0.401 e. The molecule has 3 heterocycles. The highest BCUT2D eigenvalue weighted by Gasteiger charge is 2.38. The normalized spacial score (nSPS) is 15.7. The van der Waals surface area contributed by atoms with E-state index in [2.05, 4.69) is 15.0 Å². The van der Waals surface area contributed by atoms with Gasteiger partial charge in [0.1, 0.15) is 11.6 Å². The maximum atomic E-state index is 13.3. The van der Waals surface area contributed by atoms with Crippen LogP contribution in [0.15, 0.2) is 48.8 Å². The van der Waals surface area contributed by atoms with E-state index in [1.165, 1.54) is 17.0 Å². The summed E-state index contributed by atoms with van der Waals surface area (Å²) in [5.41, 5.74) is 2.79. The van der Waals surface area contributed by atoms with Crippen LogP contribution in [0.2, 0.25) is 0 Å². The predicted octanol–water partition coefficient (Wildman–Crippen LogP) is 4.24. The molecule has 1 aromatic carbocycles. The van der Waals surface area contributed by atoms with Gasteiger partial charge in [-0.25, -0.2) is 9.37 Å². The SMILES string of the molecule is Fc1cccc(-c2ccc(-c3c[nH]c(C4CN(CC(F)(F)F)C4)n3)cn2)c1. The average molecular weight is 376 g/mol. The first kappa shape index (κ1) is 17.7. The first-order valence-corrected chi connectivity index (χ1v) is 8.44. The highest BCUT2D eigenvalue weighted by atomic mass is 19.4.